The van der Waals surface area contributed by atoms with Gasteiger partial charge in [-0.15, -0.1) is 0 Å². The molecule has 0 unspecified atom stereocenters. The van der Waals surface area contributed by atoms with Gasteiger partial charge in [-0.2, -0.15) is 5.10 Å². The summed E-state index contributed by atoms with van der Waals surface area (Å²) in [5.41, 5.74) is 1.58. The van der Waals surface area contributed by atoms with E-state index in [-0.39, 0.29) is 5.69 Å². The van der Waals surface area contributed by atoms with Gasteiger partial charge in [0.15, 0.2) is 5.16 Å². The summed E-state index contributed by atoms with van der Waals surface area (Å²) in [7, 11) is 3.49. The Morgan fingerprint density at radius 3 is 2.89 bits per heavy atom. The van der Waals surface area contributed by atoms with Gasteiger partial charge in [0.05, 0.1) is 4.92 Å². The molecule has 0 spiro atoms. The molecular weight excluding hydrogens is 266 g/mol. The van der Waals surface area contributed by atoms with Gasteiger partial charge in [-0.05, 0) is 11.6 Å². The first kappa shape index (κ1) is 13.3. The number of hydrogen-bond acceptors (Lipinski definition) is 6. The number of aryl methyl sites for hydroxylation is 1. The number of nitrogens with one attached hydrogen (secondary N) is 1. The van der Waals surface area contributed by atoms with Crippen molar-refractivity contribution in [3.63, 3.8) is 0 Å². The largest absolute Gasteiger partial charge is 0.383 e. The van der Waals surface area contributed by atoms with E-state index in [9.17, 15) is 10.1 Å². The molecule has 1 aromatic heterocycles. The average Bonchev–Trinajstić information content (AvgIpc) is 2.81. The predicted octanol–water partition coefficient (Wildman–Crippen LogP) is 2.06. The Morgan fingerprint density at radius 1 is 1.53 bits per heavy atom. The summed E-state index contributed by atoms with van der Waals surface area (Å²) >= 11 is 1.53. The maximum atomic E-state index is 10.8. The van der Waals surface area contributed by atoms with Gasteiger partial charge in [0.1, 0.15) is 12.0 Å². The normalized spacial score (nSPS) is 10.4. The fourth-order valence-electron chi connectivity index (χ4n) is 1.60. The van der Waals surface area contributed by atoms with E-state index in [0.29, 0.717) is 11.4 Å². The Kier molecular flexibility index (Phi) is 4.00. The van der Waals surface area contributed by atoms with Crippen molar-refractivity contribution in [2.45, 2.75) is 10.9 Å². The molecule has 0 aliphatic heterocycles. The zero-order valence-corrected chi connectivity index (χ0v) is 11.3. The third-order valence-electron chi connectivity index (χ3n) is 2.56. The van der Waals surface area contributed by atoms with Gasteiger partial charge in [-0.25, -0.2) is 9.67 Å². The van der Waals surface area contributed by atoms with Crippen LogP contribution in [0.3, 0.4) is 0 Å². The molecule has 0 radical (unpaired) electrons. The molecule has 1 aromatic carbocycles. The molecule has 8 heteroatoms. The van der Waals surface area contributed by atoms with Crippen LogP contribution in [0.4, 0.5) is 11.4 Å². The molecule has 7 nitrogen and oxygen atoms in total. The minimum absolute atomic E-state index is 0.0786. The second kappa shape index (κ2) is 5.70. The Bertz CT molecular complexity index is 599. The lowest BCUT2D eigenvalue weighted by Crippen LogP contribution is -1.98. The van der Waals surface area contributed by atoms with E-state index in [4.69, 9.17) is 0 Å². The van der Waals surface area contributed by atoms with Crippen LogP contribution in [0.1, 0.15) is 5.56 Å². The lowest BCUT2D eigenvalue weighted by molar-refractivity contribution is -0.383. The number of aromatic nitrogens is 3. The summed E-state index contributed by atoms with van der Waals surface area (Å²) in [6, 6.07) is 5.04. The summed E-state index contributed by atoms with van der Waals surface area (Å²) in [5, 5.41) is 18.5. The molecule has 1 heterocycles. The topological polar surface area (TPSA) is 85.9 Å². The zero-order valence-electron chi connectivity index (χ0n) is 10.5. The number of nitro groups is 1. The van der Waals surface area contributed by atoms with Gasteiger partial charge in [-0.3, -0.25) is 10.1 Å². The molecular formula is C11H13N5O2S. The minimum Gasteiger partial charge on any atom is -0.383 e. The molecule has 0 saturated heterocycles. The van der Waals surface area contributed by atoms with Crippen molar-refractivity contribution in [2.24, 2.45) is 7.05 Å². The van der Waals surface area contributed by atoms with E-state index in [1.807, 2.05) is 7.05 Å². The third-order valence-corrected chi connectivity index (χ3v) is 3.67. The third kappa shape index (κ3) is 3.02. The number of benzene rings is 1. The van der Waals surface area contributed by atoms with Crippen molar-refractivity contribution in [2.75, 3.05) is 12.4 Å². The molecule has 0 atom stereocenters. The fourth-order valence-corrected chi connectivity index (χ4v) is 2.43. The van der Waals surface area contributed by atoms with Gasteiger partial charge in [0.2, 0.25) is 0 Å². The number of rotatable bonds is 5. The Morgan fingerprint density at radius 2 is 2.32 bits per heavy atom. The molecule has 0 amide bonds. The van der Waals surface area contributed by atoms with Crippen molar-refractivity contribution < 1.29 is 4.92 Å². The molecule has 0 bridgehead atoms. The first-order valence-electron chi connectivity index (χ1n) is 5.53. The quantitative estimate of drug-likeness (QED) is 0.512. The molecule has 0 fully saturated rings. The first-order chi connectivity index (χ1) is 9.11. The highest BCUT2D eigenvalue weighted by Crippen LogP contribution is 2.28. The van der Waals surface area contributed by atoms with Crippen LogP contribution >= 0.6 is 11.8 Å². The van der Waals surface area contributed by atoms with E-state index in [1.54, 1.807) is 23.9 Å². The number of thioether (sulfide) groups is 1. The van der Waals surface area contributed by atoms with E-state index < -0.39 is 4.92 Å². The molecule has 0 aliphatic carbocycles. The van der Waals surface area contributed by atoms with Gasteiger partial charge in [0, 0.05) is 25.9 Å². The van der Waals surface area contributed by atoms with Crippen molar-refractivity contribution >= 4 is 23.1 Å². The lowest BCUT2D eigenvalue weighted by atomic mass is 10.2. The van der Waals surface area contributed by atoms with Crippen LogP contribution in [0.15, 0.2) is 29.7 Å². The maximum Gasteiger partial charge on any atom is 0.292 e. The summed E-state index contributed by atoms with van der Waals surface area (Å²) < 4.78 is 1.69. The summed E-state index contributed by atoms with van der Waals surface area (Å²) in [6.07, 6.45) is 1.50. The summed E-state index contributed by atoms with van der Waals surface area (Å²) in [5.74, 6) is 0.680. The van der Waals surface area contributed by atoms with Crippen LogP contribution < -0.4 is 5.32 Å². The standard InChI is InChI=1S/C11H13N5O2S/c1-12-9-5-8(3-4-10(9)16(17)18)6-19-11-13-7-14-15(11)2/h3-5,7,12H,6H2,1-2H3. The van der Waals surface area contributed by atoms with Crippen LogP contribution in [-0.2, 0) is 12.8 Å². The molecule has 1 N–H and O–H groups in total. The highest BCUT2D eigenvalue weighted by Gasteiger charge is 2.13. The van der Waals surface area contributed by atoms with E-state index in [0.717, 1.165) is 10.7 Å². The molecule has 2 rings (SSSR count). The lowest BCUT2D eigenvalue weighted by Gasteiger charge is -2.05. The highest BCUT2D eigenvalue weighted by molar-refractivity contribution is 7.98. The molecule has 0 saturated carbocycles. The van der Waals surface area contributed by atoms with E-state index >= 15 is 0 Å². The van der Waals surface area contributed by atoms with Crippen LogP contribution in [0.2, 0.25) is 0 Å². The number of nitrogens with zero attached hydrogens (tertiary/aromatic N) is 4. The van der Waals surface area contributed by atoms with Gasteiger partial charge < -0.3 is 5.32 Å². The molecule has 19 heavy (non-hydrogen) atoms. The van der Waals surface area contributed by atoms with Crippen molar-refractivity contribution in [3.8, 4) is 0 Å². The van der Waals surface area contributed by atoms with Gasteiger partial charge in [-0.1, -0.05) is 17.8 Å². The van der Waals surface area contributed by atoms with E-state index in [1.165, 1.54) is 24.2 Å². The second-order valence-corrected chi connectivity index (χ2v) is 4.76. The van der Waals surface area contributed by atoms with Crippen LogP contribution in [0.5, 0.6) is 0 Å². The Hall–Kier alpha value is -2.09. The second-order valence-electron chi connectivity index (χ2n) is 3.81. The number of hydrogen-bond donors (Lipinski definition) is 1. The van der Waals surface area contributed by atoms with Crippen molar-refractivity contribution in [1.29, 1.82) is 0 Å². The minimum atomic E-state index is -0.397. The SMILES string of the molecule is CNc1cc(CSc2ncnn2C)ccc1[N+](=O)[O-]. The van der Waals surface area contributed by atoms with Crippen molar-refractivity contribution in [3.05, 3.63) is 40.2 Å². The fraction of sp³-hybridized carbons (Fsp3) is 0.273. The smallest absolute Gasteiger partial charge is 0.292 e. The molecule has 0 aliphatic rings. The molecule has 2 aromatic rings. The van der Waals surface area contributed by atoms with Crippen LogP contribution in [0.25, 0.3) is 0 Å². The average molecular weight is 279 g/mol. The van der Waals surface area contributed by atoms with Crippen LogP contribution in [-0.4, -0.2) is 26.7 Å². The first-order valence-corrected chi connectivity index (χ1v) is 6.52. The van der Waals surface area contributed by atoms with E-state index in [2.05, 4.69) is 15.4 Å². The highest BCUT2D eigenvalue weighted by atomic mass is 32.2. The monoisotopic (exact) mass is 279 g/mol. The summed E-state index contributed by atoms with van der Waals surface area (Å²) in [4.78, 5) is 14.5. The van der Waals surface area contributed by atoms with Crippen molar-refractivity contribution in [1.82, 2.24) is 14.8 Å². The Balaban J connectivity index is 2.13. The van der Waals surface area contributed by atoms with Gasteiger partial charge >= 0.3 is 0 Å². The number of anilines is 1. The number of nitro benzene ring substituents is 1. The van der Waals surface area contributed by atoms with Gasteiger partial charge in [0.25, 0.3) is 5.69 Å². The van der Waals surface area contributed by atoms with Crippen LogP contribution in [0, 0.1) is 10.1 Å². The Labute approximate surface area is 114 Å². The maximum absolute atomic E-state index is 10.8. The molecule has 100 valence electrons. The predicted molar refractivity (Wildman–Crippen MR) is 73.2 cm³/mol. The summed E-state index contributed by atoms with van der Waals surface area (Å²) in [6.45, 7) is 0. The zero-order chi connectivity index (χ0) is 13.8.